The molecule has 2 aromatic heterocycles. The first-order valence-electron chi connectivity index (χ1n) is 8.54. The number of H-pyrrole nitrogens is 1. The van der Waals surface area contributed by atoms with E-state index in [-0.39, 0.29) is 21.4 Å². The number of aromatic amines is 1. The quantitative estimate of drug-likeness (QED) is 0.514. The van der Waals surface area contributed by atoms with Gasteiger partial charge in [0, 0.05) is 24.7 Å². The normalized spacial score (nSPS) is 15.3. The molecule has 0 amide bonds. The van der Waals surface area contributed by atoms with Gasteiger partial charge in [-0.05, 0) is 38.0 Å². The molecule has 8 nitrogen and oxygen atoms in total. The Morgan fingerprint density at radius 2 is 2.15 bits per heavy atom. The average molecular weight is 387 g/mol. The summed E-state index contributed by atoms with van der Waals surface area (Å²) in [5.74, 6) is -0.956. The summed E-state index contributed by atoms with van der Waals surface area (Å²) >= 11 is 1.07. The second-order valence-corrected chi connectivity index (χ2v) is 7.53. The van der Waals surface area contributed by atoms with Crippen LogP contribution in [0.5, 0.6) is 0 Å². The first-order valence-corrected chi connectivity index (χ1v) is 9.36. The van der Waals surface area contributed by atoms with Crippen LogP contribution in [0.2, 0.25) is 0 Å². The van der Waals surface area contributed by atoms with Crippen molar-refractivity contribution in [2.45, 2.75) is 25.7 Å². The Hall–Kier alpha value is -2.78. The van der Waals surface area contributed by atoms with E-state index in [4.69, 9.17) is 4.74 Å². The second kappa shape index (κ2) is 6.75. The lowest BCUT2D eigenvalue weighted by atomic mass is 9.95. The van der Waals surface area contributed by atoms with Gasteiger partial charge in [0.25, 0.3) is 5.69 Å². The number of aromatic carboxylic acids is 1. The third-order valence-electron chi connectivity index (χ3n) is 4.85. The van der Waals surface area contributed by atoms with Gasteiger partial charge in [-0.25, -0.2) is 9.78 Å². The summed E-state index contributed by atoms with van der Waals surface area (Å²) in [6.45, 7) is 2.83. The highest BCUT2D eigenvalue weighted by molar-refractivity contribution is 7.17. The number of hydrogen-bond acceptors (Lipinski definition) is 6. The van der Waals surface area contributed by atoms with Gasteiger partial charge < -0.3 is 14.8 Å². The number of ether oxygens (including phenoxy) is 1. The molecule has 1 aliphatic heterocycles. The molecule has 1 saturated heterocycles. The monoisotopic (exact) mass is 387 g/mol. The minimum absolute atomic E-state index is 0.0655. The van der Waals surface area contributed by atoms with Gasteiger partial charge in [-0.3, -0.25) is 10.1 Å². The topological polar surface area (TPSA) is 118 Å². The van der Waals surface area contributed by atoms with Gasteiger partial charge in [0.15, 0.2) is 0 Å². The number of aromatic nitrogens is 2. The van der Waals surface area contributed by atoms with E-state index in [0.29, 0.717) is 46.1 Å². The zero-order chi connectivity index (χ0) is 19.1. The SMILES string of the molecule is Cc1nc(-c2ccc3[nH]c(C4CCOCC4)c([N+](=O)[O-])c3c2)sc1C(=O)O. The Balaban J connectivity index is 1.84. The molecule has 1 aliphatic rings. The largest absolute Gasteiger partial charge is 0.477 e. The molecule has 2 N–H and O–H groups in total. The number of benzene rings is 1. The van der Waals surface area contributed by atoms with Crippen LogP contribution in [0.4, 0.5) is 5.69 Å². The lowest BCUT2D eigenvalue weighted by Gasteiger charge is -2.20. The molecule has 0 unspecified atom stereocenters. The van der Waals surface area contributed by atoms with Crippen molar-refractivity contribution in [1.29, 1.82) is 0 Å². The van der Waals surface area contributed by atoms with E-state index < -0.39 is 5.97 Å². The molecule has 0 atom stereocenters. The average Bonchev–Trinajstić information content (AvgIpc) is 3.22. The van der Waals surface area contributed by atoms with E-state index >= 15 is 0 Å². The van der Waals surface area contributed by atoms with E-state index in [2.05, 4.69) is 9.97 Å². The summed E-state index contributed by atoms with van der Waals surface area (Å²) in [4.78, 5) is 30.4. The molecular formula is C18H17N3O5S. The van der Waals surface area contributed by atoms with Crippen molar-refractivity contribution in [2.24, 2.45) is 0 Å². The number of aryl methyl sites for hydroxylation is 1. The molecule has 3 aromatic rings. The highest BCUT2D eigenvalue weighted by Gasteiger charge is 2.29. The van der Waals surface area contributed by atoms with Gasteiger partial charge in [0.05, 0.1) is 27.2 Å². The van der Waals surface area contributed by atoms with Gasteiger partial charge in [-0.15, -0.1) is 11.3 Å². The number of thiazole rings is 1. The van der Waals surface area contributed by atoms with E-state index in [1.807, 2.05) is 0 Å². The van der Waals surface area contributed by atoms with E-state index in [0.717, 1.165) is 24.2 Å². The molecule has 1 aromatic carbocycles. The maximum absolute atomic E-state index is 11.8. The Morgan fingerprint density at radius 1 is 1.41 bits per heavy atom. The smallest absolute Gasteiger partial charge is 0.347 e. The molecule has 27 heavy (non-hydrogen) atoms. The van der Waals surface area contributed by atoms with Gasteiger partial charge >= 0.3 is 5.97 Å². The number of nitrogens with one attached hydrogen (secondary N) is 1. The van der Waals surface area contributed by atoms with Crippen molar-refractivity contribution in [3.05, 3.63) is 44.6 Å². The molecule has 0 spiro atoms. The summed E-state index contributed by atoms with van der Waals surface area (Å²) in [6.07, 6.45) is 1.49. The Morgan fingerprint density at radius 3 is 2.78 bits per heavy atom. The maximum Gasteiger partial charge on any atom is 0.347 e. The van der Waals surface area contributed by atoms with Crippen LogP contribution < -0.4 is 0 Å². The minimum atomic E-state index is -1.02. The Labute approximate surface area is 158 Å². The standard InChI is InChI=1S/C18H17N3O5S/c1-9-16(18(22)23)27-17(19-9)11-2-3-13-12(8-11)15(21(24)25)14(20-13)10-4-6-26-7-5-10/h2-3,8,10,20H,4-7H2,1H3,(H,22,23). The van der Waals surface area contributed by atoms with Crippen LogP contribution in [0.1, 0.15) is 39.8 Å². The van der Waals surface area contributed by atoms with Crippen LogP contribution >= 0.6 is 11.3 Å². The van der Waals surface area contributed by atoms with Crippen LogP contribution in [0, 0.1) is 17.0 Å². The summed E-state index contributed by atoms with van der Waals surface area (Å²) < 4.78 is 5.37. The van der Waals surface area contributed by atoms with Crippen LogP contribution in [-0.4, -0.2) is 39.2 Å². The van der Waals surface area contributed by atoms with Crippen LogP contribution in [0.3, 0.4) is 0 Å². The molecule has 4 rings (SSSR count). The molecule has 0 aliphatic carbocycles. The summed E-state index contributed by atoms with van der Waals surface area (Å²) in [7, 11) is 0. The third kappa shape index (κ3) is 3.08. The molecule has 0 saturated carbocycles. The van der Waals surface area contributed by atoms with Crippen molar-refractivity contribution in [3.63, 3.8) is 0 Å². The first kappa shape index (κ1) is 17.6. The lowest BCUT2D eigenvalue weighted by molar-refractivity contribution is -0.384. The summed E-state index contributed by atoms with van der Waals surface area (Å²) in [6, 6.07) is 5.31. The zero-order valence-corrected chi connectivity index (χ0v) is 15.3. The molecular weight excluding hydrogens is 370 g/mol. The fourth-order valence-corrected chi connectivity index (χ4v) is 4.43. The van der Waals surface area contributed by atoms with Gasteiger partial charge in [0.1, 0.15) is 9.88 Å². The molecule has 140 valence electrons. The van der Waals surface area contributed by atoms with Gasteiger partial charge in [-0.2, -0.15) is 0 Å². The zero-order valence-electron chi connectivity index (χ0n) is 14.5. The molecule has 1 fully saturated rings. The number of carbonyl (C=O) groups is 1. The number of fused-ring (bicyclic) bond motifs is 1. The van der Waals surface area contributed by atoms with E-state index in [9.17, 15) is 20.0 Å². The lowest BCUT2D eigenvalue weighted by Crippen LogP contribution is -2.15. The first-order chi connectivity index (χ1) is 13.0. The number of carboxylic acid groups (broad SMARTS) is 1. The number of nitro groups is 1. The van der Waals surface area contributed by atoms with Gasteiger partial charge in [0.2, 0.25) is 0 Å². The molecule has 0 bridgehead atoms. The second-order valence-electron chi connectivity index (χ2n) is 6.53. The number of nitrogens with zero attached hydrogens (tertiary/aromatic N) is 2. The van der Waals surface area contributed by atoms with Crippen molar-refractivity contribution in [3.8, 4) is 10.6 Å². The van der Waals surface area contributed by atoms with Crippen LogP contribution in [0.15, 0.2) is 18.2 Å². The highest BCUT2D eigenvalue weighted by Crippen LogP contribution is 2.40. The highest BCUT2D eigenvalue weighted by atomic mass is 32.1. The fourth-order valence-electron chi connectivity index (χ4n) is 3.53. The Bertz CT molecular complexity index is 1050. The fraction of sp³-hybridized carbons (Fsp3) is 0.333. The minimum Gasteiger partial charge on any atom is -0.477 e. The summed E-state index contributed by atoms with van der Waals surface area (Å²) in [5.41, 5.74) is 2.53. The van der Waals surface area contributed by atoms with Crippen LogP contribution in [0.25, 0.3) is 21.5 Å². The molecule has 3 heterocycles. The van der Waals surface area contributed by atoms with Crippen molar-refractivity contribution >= 4 is 33.9 Å². The van der Waals surface area contributed by atoms with E-state index in [1.165, 1.54) is 0 Å². The van der Waals surface area contributed by atoms with Crippen molar-refractivity contribution < 1.29 is 19.6 Å². The number of rotatable bonds is 4. The number of hydrogen-bond donors (Lipinski definition) is 2. The van der Waals surface area contributed by atoms with Crippen LogP contribution in [-0.2, 0) is 4.74 Å². The summed E-state index contributed by atoms with van der Waals surface area (Å²) in [5, 5.41) is 22.1. The maximum atomic E-state index is 11.8. The van der Waals surface area contributed by atoms with Crippen molar-refractivity contribution in [1.82, 2.24) is 9.97 Å². The predicted octanol–water partition coefficient (Wildman–Crippen LogP) is 4.10. The van der Waals surface area contributed by atoms with Crippen molar-refractivity contribution in [2.75, 3.05) is 13.2 Å². The Kier molecular flexibility index (Phi) is 4.40. The van der Waals surface area contributed by atoms with Gasteiger partial charge in [-0.1, -0.05) is 0 Å². The predicted molar refractivity (Wildman–Crippen MR) is 101 cm³/mol. The molecule has 0 radical (unpaired) electrons. The van der Waals surface area contributed by atoms with E-state index in [1.54, 1.807) is 25.1 Å². The third-order valence-corrected chi connectivity index (χ3v) is 6.04. The molecule has 9 heteroatoms. The number of carboxylic acids is 1.